The van der Waals surface area contributed by atoms with Crippen molar-refractivity contribution in [1.29, 1.82) is 0 Å². The molecule has 3 aromatic carbocycles. The summed E-state index contributed by atoms with van der Waals surface area (Å²) in [6.45, 7) is 1.90. The highest BCUT2D eigenvalue weighted by atomic mass is 16.6. The zero-order chi connectivity index (χ0) is 22.1. The number of nitro groups is 1. The monoisotopic (exact) mass is 414 g/mol. The molecule has 1 amide bonds. The number of carbonyl (C=O) groups is 2. The molecule has 1 aliphatic heterocycles. The van der Waals surface area contributed by atoms with Gasteiger partial charge >= 0.3 is 0 Å². The molecular formula is C24H18N2O5. The van der Waals surface area contributed by atoms with E-state index in [0.717, 1.165) is 5.56 Å². The van der Waals surface area contributed by atoms with Gasteiger partial charge in [-0.3, -0.25) is 24.6 Å². The second-order valence-electron chi connectivity index (χ2n) is 7.22. The number of ketones is 1. The number of non-ortho nitro benzene ring substituents is 1. The molecule has 0 bridgehead atoms. The van der Waals surface area contributed by atoms with E-state index in [4.69, 9.17) is 0 Å². The van der Waals surface area contributed by atoms with Gasteiger partial charge in [-0.1, -0.05) is 48.0 Å². The Morgan fingerprint density at radius 2 is 1.55 bits per heavy atom. The zero-order valence-electron chi connectivity index (χ0n) is 16.6. The van der Waals surface area contributed by atoms with Crippen LogP contribution in [0.5, 0.6) is 0 Å². The lowest BCUT2D eigenvalue weighted by molar-refractivity contribution is -0.384. The van der Waals surface area contributed by atoms with Crippen LogP contribution in [0.1, 0.15) is 22.7 Å². The normalized spacial score (nSPS) is 17.7. The number of aliphatic hydroxyl groups excluding tert-OH is 1. The molecule has 0 unspecified atom stereocenters. The quantitative estimate of drug-likeness (QED) is 0.222. The van der Waals surface area contributed by atoms with Gasteiger partial charge in [-0.15, -0.1) is 0 Å². The lowest BCUT2D eigenvalue weighted by Gasteiger charge is -2.25. The Labute approximate surface area is 178 Å². The molecular weight excluding hydrogens is 396 g/mol. The summed E-state index contributed by atoms with van der Waals surface area (Å²) >= 11 is 0. The number of nitrogens with zero attached hydrogens (tertiary/aromatic N) is 2. The van der Waals surface area contributed by atoms with Crippen molar-refractivity contribution in [3.05, 3.63) is 111 Å². The maximum absolute atomic E-state index is 13.0. The molecule has 1 saturated heterocycles. The minimum atomic E-state index is -0.926. The predicted octanol–water partition coefficient (Wildman–Crippen LogP) is 4.53. The van der Waals surface area contributed by atoms with Gasteiger partial charge in [-0.05, 0) is 36.8 Å². The van der Waals surface area contributed by atoms with Crippen molar-refractivity contribution in [2.45, 2.75) is 13.0 Å². The molecule has 0 radical (unpaired) electrons. The number of Topliss-reactive ketones (excluding diaryl/α,β-unsaturated/α-hetero) is 1. The van der Waals surface area contributed by atoms with E-state index in [1.165, 1.54) is 29.2 Å². The van der Waals surface area contributed by atoms with Gasteiger partial charge in [0.05, 0.1) is 16.5 Å². The van der Waals surface area contributed by atoms with Crippen LogP contribution in [0.25, 0.3) is 5.76 Å². The summed E-state index contributed by atoms with van der Waals surface area (Å²) in [5.41, 5.74) is 2.17. The van der Waals surface area contributed by atoms with Crippen LogP contribution in [0.15, 0.2) is 84.4 Å². The number of carbonyl (C=O) groups excluding carboxylic acids is 2. The van der Waals surface area contributed by atoms with Crippen molar-refractivity contribution in [2.75, 3.05) is 4.90 Å². The van der Waals surface area contributed by atoms with Crippen molar-refractivity contribution >= 4 is 28.8 Å². The Kier molecular flexibility index (Phi) is 5.09. The predicted molar refractivity (Wildman–Crippen MR) is 116 cm³/mol. The summed E-state index contributed by atoms with van der Waals surface area (Å²) in [4.78, 5) is 37.8. The van der Waals surface area contributed by atoms with Crippen LogP contribution >= 0.6 is 0 Å². The fourth-order valence-electron chi connectivity index (χ4n) is 3.65. The minimum Gasteiger partial charge on any atom is -0.507 e. The van der Waals surface area contributed by atoms with Gasteiger partial charge < -0.3 is 5.11 Å². The van der Waals surface area contributed by atoms with Gasteiger partial charge in [0.2, 0.25) is 0 Å². The summed E-state index contributed by atoms with van der Waals surface area (Å²) in [7, 11) is 0. The molecule has 1 fully saturated rings. The first kappa shape index (κ1) is 20.0. The van der Waals surface area contributed by atoms with E-state index >= 15 is 0 Å². The Bertz CT molecular complexity index is 1200. The molecule has 1 heterocycles. The first-order chi connectivity index (χ1) is 14.9. The van der Waals surface area contributed by atoms with Gasteiger partial charge in [0.25, 0.3) is 17.4 Å². The third-order valence-electron chi connectivity index (χ3n) is 5.22. The van der Waals surface area contributed by atoms with Gasteiger partial charge in [0.15, 0.2) is 0 Å². The number of hydrogen-bond acceptors (Lipinski definition) is 5. The van der Waals surface area contributed by atoms with Gasteiger partial charge in [0, 0.05) is 23.4 Å². The van der Waals surface area contributed by atoms with E-state index in [9.17, 15) is 24.8 Å². The fraction of sp³-hybridized carbons (Fsp3) is 0.0833. The van der Waals surface area contributed by atoms with E-state index in [0.29, 0.717) is 16.8 Å². The van der Waals surface area contributed by atoms with E-state index in [2.05, 4.69) is 0 Å². The van der Waals surface area contributed by atoms with Gasteiger partial charge in [-0.2, -0.15) is 0 Å². The van der Waals surface area contributed by atoms with Crippen molar-refractivity contribution in [3.63, 3.8) is 0 Å². The highest BCUT2D eigenvalue weighted by molar-refractivity contribution is 6.51. The summed E-state index contributed by atoms with van der Waals surface area (Å²) < 4.78 is 0. The largest absolute Gasteiger partial charge is 0.507 e. The van der Waals surface area contributed by atoms with Crippen molar-refractivity contribution in [2.24, 2.45) is 0 Å². The molecule has 1 aliphatic rings. The number of anilines is 1. The summed E-state index contributed by atoms with van der Waals surface area (Å²) in [6, 6.07) is 20.3. The number of aliphatic hydroxyl groups is 1. The smallest absolute Gasteiger partial charge is 0.300 e. The van der Waals surface area contributed by atoms with E-state index in [1.54, 1.807) is 54.6 Å². The highest BCUT2D eigenvalue weighted by Crippen LogP contribution is 2.42. The average molecular weight is 414 g/mol. The molecule has 3 aromatic rings. The van der Waals surface area contributed by atoms with Crippen LogP contribution in [-0.4, -0.2) is 21.7 Å². The fourth-order valence-corrected chi connectivity index (χ4v) is 3.65. The number of nitro benzene ring substituents is 1. The molecule has 7 heteroatoms. The Morgan fingerprint density at radius 3 is 2.13 bits per heavy atom. The Balaban J connectivity index is 1.92. The van der Waals surface area contributed by atoms with Gasteiger partial charge in [0.1, 0.15) is 5.76 Å². The first-order valence-electron chi connectivity index (χ1n) is 9.56. The number of hydrogen-bond donors (Lipinski definition) is 1. The average Bonchev–Trinajstić information content (AvgIpc) is 3.05. The zero-order valence-corrected chi connectivity index (χ0v) is 16.6. The molecule has 0 spiro atoms. The van der Waals surface area contributed by atoms with Crippen LogP contribution in [0.3, 0.4) is 0 Å². The van der Waals surface area contributed by atoms with Crippen LogP contribution in [0.4, 0.5) is 11.4 Å². The summed E-state index contributed by atoms with van der Waals surface area (Å²) in [6.07, 6.45) is 0. The second-order valence-corrected chi connectivity index (χ2v) is 7.22. The van der Waals surface area contributed by atoms with Crippen molar-refractivity contribution in [3.8, 4) is 0 Å². The van der Waals surface area contributed by atoms with Crippen molar-refractivity contribution < 1.29 is 19.6 Å². The molecule has 1 atom stereocenters. The molecule has 4 rings (SSSR count). The lowest BCUT2D eigenvalue weighted by atomic mass is 9.94. The van der Waals surface area contributed by atoms with E-state index < -0.39 is 22.7 Å². The number of amides is 1. The van der Waals surface area contributed by atoms with E-state index in [-0.39, 0.29) is 17.0 Å². The topological polar surface area (TPSA) is 101 Å². The minimum absolute atomic E-state index is 0.0634. The van der Waals surface area contributed by atoms with E-state index in [1.807, 2.05) is 6.92 Å². The number of rotatable bonds is 4. The summed E-state index contributed by atoms with van der Waals surface area (Å²) in [5.74, 6) is -1.88. The maximum Gasteiger partial charge on any atom is 0.300 e. The second kappa shape index (κ2) is 7.87. The third-order valence-corrected chi connectivity index (χ3v) is 5.22. The Hall–Kier alpha value is -4.26. The lowest BCUT2D eigenvalue weighted by Crippen LogP contribution is -2.29. The van der Waals surface area contributed by atoms with Crippen LogP contribution < -0.4 is 4.90 Å². The summed E-state index contributed by atoms with van der Waals surface area (Å²) in [5, 5.41) is 22.1. The number of benzene rings is 3. The third kappa shape index (κ3) is 3.57. The molecule has 0 aromatic heterocycles. The highest BCUT2D eigenvalue weighted by Gasteiger charge is 2.47. The molecule has 7 nitrogen and oxygen atoms in total. The van der Waals surface area contributed by atoms with Crippen LogP contribution in [0, 0.1) is 17.0 Å². The number of para-hydroxylation sites is 1. The Morgan fingerprint density at radius 1 is 0.935 bits per heavy atom. The molecule has 154 valence electrons. The van der Waals surface area contributed by atoms with Gasteiger partial charge in [-0.25, -0.2) is 0 Å². The molecule has 0 saturated carbocycles. The van der Waals surface area contributed by atoms with Crippen LogP contribution in [0.2, 0.25) is 0 Å². The number of aryl methyl sites for hydroxylation is 1. The molecule has 1 N–H and O–H groups in total. The van der Waals surface area contributed by atoms with Crippen LogP contribution in [-0.2, 0) is 9.59 Å². The standard InChI is InChI=1S/C24H18N2O5/c1-15-7-9-17(10-8-15)22(27)20-21(16-11-13-19(14-12-16)26(30)31)25(24(29)23(20)28)18-5-3-2-4-6-18/h2-14,21,27H,1H3/b22-20+/t21-/m0/s1. The molecule has 0 aliphatic carbocycles. The van der Waals surface area contributed by atoms with Crippen molar-refractivity contribution in [1.82, 2.24) is 0 Å². The maximum atomic E-state index is 13.0. The first-order valence-corrected chi connectivity index (χ1v) is 9.56. The SMILES string of the molecule is Cc1ccc(/C(O)=C2\C(=O)C(=O)N(c3ccccc3)[C@H]2c2ccc([N+](=O)[O-])cc2)cc1. The molecule has 31 heavy (non-hydrogen) atoms.